The van der Waals surface area contributed by atoms with Gasteiger partial charge in [0.2, 0.25) is 0 Å². The Morgan fingerprint density at radius 1 is 1.00 bits per heavy atom. The van der Waals surface area contributed by atoms with Crippen LogP contribution < -0.4 is 5.11 Å². The van der Waals surface area contributed by atoms with E-state index in [0.29, 0.717) is 0 Å². The van der Waals surface area contributed by atoms with Gasteiger partial charge in [-0.1, -0.05) is 50.5 Å². The van der Waals surface area contributed by atoms with Gasteiger partial charge in [-0.3, -0.25) is 0 Å². The first-order valence-electron chi connectivity index (χ1n) is 8.34. The Morgan fingerprint density at radius 2 is 1.67 bits per heavy atom. The lowest BCUT2D eigenvalue weighted by Crippen LogP contribution is -2.21. The highest BCUT2D eigenvalue weighted by Gasteiger charge is 1.98. The molecule has 0 heterocycles. The van der Waals surface area contributed by atoms with Gasteiger partial charge in [0, 0.05) is 5.97 Å². The van der Waals surface area contributed by atoms with Gasteiger partial charge < -0.3 is 15.0 Å². The molecule has 21 heavy (non-hydrogen) atoms. The Labute approximate surface area is 129 Å². The number of aliphatic hydroxyl groups excluding tert-OH is 1. The Hall–Kier alpha value is -1.09. The van der Waals surface area contributed by atoms with Crippen molar-refractivity contribution in [2.45, 2.75) is 83.7 Å². The molecule has 0 radical (unpaired) electrons. The van der Waals surface area contributed by atoms with Crippen LogP contribution in [0.3, 0.4) is 0 Å². The number of hydrogen-bond acceptors (Lipinski definition) is 3. The fourth-order valence-electron chi connectivity index (χ4n) is 2.12. The molecule has 0 aliphatic heterocycles. The van der Waals surface area contributed by atoms with Gasteiger partial charge in [0.15, 0.2) is 0 Å². The molecule has 0 fully saturated rings. The highest BCUT2D eigenvalue weighted by Crippen LogP contribution is 2.08. The van der Waals surface area contributed by atoms with Crippen molar-refractivity contribution in [1.29, 1.82) is 0 Å². The second kappa shape index (κ2) is 15.3. The van der Waals surface area contributed by atoms with Gasteiger partial charge in [0.05, 0.1) is 6.10 Å². The summed E-state index contributed by atoms with van der Waals surface area (Å²) in [6.07, 6.45) is 18.1. The van der Waals surface area contributed by atoms with E-state index in [1.54, 1.807) is 0 Å². The molecule has 0 amide bonds. The standard InChI is InChI=1S/C18H32O3/c1-2-3-4-11-14-17(19)15-12-9-7-5-6-8-10-13-16-18(20)21/h3-4,9,12,17,19H,2,5-8,10-11,13-16H2,1H3,(H,20,21)/p-1/b4-3-,12-9-/t17-/m1/s1. The van der Waals surface area contributed by atoms with Crippen LogP contribution in [0.5, 0.6) is 0 Å². The average Bonchev–Trinajstić information content (AvgIpc) is 2.45. The lowest BCUT2D eigenvalue weighted by Gasteiger charge is -2.05. The molecule has 0 aliphatic carbocycles. The third-order valence-corrected chi connectivity index (χ3v) is 3.40. The van der Waals surface area contributed by atoms with E-state index in [1.165, 1.54) is 0 Å². The van der Waals surface area contributed by atoms with E-state index in [1.807, 2.05) is 0 Å². The zero-order valence-corrected chi connectivity index (χ0v) is 13.4. The Morgan fingerprint density at radius 3 is 2.38 bits per heavy atom. The van der Waals surface area contributed by atoms with E-state index in [4.69, 9.17) is 0 Å². The van der Waals surface area contributed by atoms with E-state index >= 15 is 0 Å². The Bertz CT molecular complexity index is 295. The molecule has 0 rings (SSSR count). The van der Waals surface area contributed by atoms with Crippen molar-refractivity contribution < 1.29 is 15.0 Å². The van der Waals surface area contributed by atoms with Gasteiger partial charge in [-0.15, -0.1) is 0 Å². The summed E-state index contributed by atoms with van der Waals surface area (Å²) in [4.78, 5) is 10.2. The van der Waals surface area contributed by atoms with Crippen molar-refractivity contribution in [2.24, 2.45) is 0 Å². The molecule has 0 aliphatic rings. The molecule has 0 saturated heterocycles. The van der Waals surface area contributed by atoms with Crippen LogP contribution in [-0.4, -0.2) is 17.2 Å². The molecule has 3 heteroatoms. The van der Waals surface area contributed by atoms with E-state index in [-0.39, 0.29) is 12.5 Å². The molecule has 0 unspecified atom stereocenters. The van der Waals surface area contributed by atoms with Crippen LogP contribution in [0.2, 0.25) is 0 Å². The van der Waals surface area contributed by atoms with E-state index in [0.717, 1.165) is 64.2 Å². The van der Waals surface area contributed by atoms with Crippen molar-refractivity contribution in [2.75, 3.05) is 0 Å². The highest BCUT2D eigenvalue weighted by atomic mass is 16.4. The monoisotopic (exact) mass is 295 g/mol. The van der Waals surface area contributed by atoms with E-state index in [9.17, 15) is 15.0 Å². The van der Waals surface area contributed by atoms with Crippen LogP contribution in [0.25, 0.3) is 0 Å². The number of rotatable bonds is 14. The normalized spacial score (nSPS) is 13.2. The maximum atomic E-state index is 10.2. The van der Waals surface area contributed by atoms with Crippen LogP contribution in [0.4, 0.5) is 0 Å². The van der Waals surface area contributed by atoms with Crippen molar-refractivity contribution in [3.63, 3.8) is 0 Å². The predicted molar refractivity (Wildman–Crippen MR) is 85.8 cm³/mol. The maximum Gasteiger partial charge on any atom is 0.0577 e. The summed E-state index contributed by atoms with van der Waals surface area (Å²) < 4.78 is 0. The highest BCUT2D eigenvalue weighted by molar-refractivity contribution is 5.63. The van der Waals surface area contributed by atoms with Gasteiger partial charge in [-0.25, -0.2) is 0 Å². The first-order chi connectivity index (χ1) is 10.2. The minimum absolute atomic E-state index is 0.186. The van der Waals surface area contributed by atoms with Crippen molar-refractivity contribution in [1.82, 2.24) is 0 Å². The minimum atomic E-state index is -0.943. The fourth-order valence-corrected chi connectivity index (χ4v) is 2.12. The molecule has 0 aromatic rings. The summed E-state index contributed by atoms with van der Waals surface area (Å²) >= 11 is 0. The van der Waals surface area contributed by atoms with Crippen molar-refractivity contribution in [3.05, 3.63) is 24.3 Å². The smallest absolute Gasteiger partial charge is 0.0577 e. The molecule has 0 spiro atoms. The average molecular weight is 295 g/mol. The number of carbonyl (C=O) groups excluding carboxylic acids is 1. The summed E-state index contributed by atoms with van der Waals surface area (Å²) in [5.41, 5.74) is 0. The van der Waals surface area contributed by atoms with Crippen LogP contribution in [0.15, 0.2) is 24.3 Å². The number of hydrogen-bond donors (Lipinski definition) is 1. The zero-order valence-electron chi connectivity index (χ0n) is 13.4. The minimum Gasteiger partial charge on any atom is -0.550 e. The Kier molecular flexibility index (Phi) is 14.5. The number of unbranched alkanes of at least 4 members (excludes halogenated alkanes) is 5. The maximum absolute atomic E-state index is 10.2. The second-order valence-electron chi connectivity index (χ2n) is 5.50. The van der Waals surface area contributed by atoms with Crippen LogP contribution >= 0.6 is 0 Å². The van der Waals surface area contributed by atoms with Gasteiger partial charge in [0.25, 0.3) is 0 Å². The second-order valence-corrected chi connectivity index (χ2v) is 5.50. The molecule has 0 bridgehead atoms. The summed E-state index contributed by atoms with van der Waals surface area (Å²) in [5.74, 6) is -0.943. The molecule has 1 N–H and O–H groups in total. The topological polar surface area (TPSA) is 60.4 Å². The summed E-state index contributed by atoms with van der Waals surface area (Å²) in [6, 6.07) is 0. The van der Waals surface area contributed by atoms with Gasteiger partial charge in [-0.2, -0.15) is 0 Å². The molecule has 0 saturated carbocycles. The molecule has 1 atom stereocenters. The van der Waals surface area contributed by atoms with Crippen molar-refractivity contribution in [3.8, 4) is 0 Å². The van der Waals surface area contributed by atoms with Crippen LogP contribution in [0.1, 0.15) is 77.6 Å². The number of aliphatic carboxylic acids is 1. The van der Waals surface area contributed by atoms with Crippen LogP contribution in [0, 0.1) is 0 Å². The lowest BCUT2D eigenvalue weighted by molar-refractivity contribution is -0.305. The largest absolute Gasteiger partial charge is 0.550 e. The van der Waals surface area contributed by atoms with Gasteiger partial charge >= 0.3 is 0 Å². The third kappa shape index (κ3) is 16.9. The molecule has 0 aromatic carbocycles. The number of carboxylic acids is 1. The summed E-state index contributed by atoms with van der Waals surface area (Å²) in [6.45, 7) is 2.11. The van der Waals surface area contributed by atoms with E-state index in [2.05, 4.69) is 31.2 Å². The van der Waals surface area contributed by atoms with Gasteiger partial charge in [-0.05, 0) is 51.4 Å². The van der Waals surface area contributed by atoms with Crippen molar-refractivity contribution >= 4 is 5.97 Å². The number of carbonyl (C=O) groups is 1. The number of carboxylic acid groups (broad SMARTS) is 1. The zero-order chi connectivity index (χ0) is 15.8. The van der Waals surface area contributed by atoms with E-state index < -0.39 is 5.97 Å². The lowest BCUT2D eigenvalue weighted by atomic mass is 10.1. The first kappa shape index (κ1) is 19.9. The molecule has 3 nitrogen and oxygen atoms in total. The molecule has 122 valence electrons. The SMILES string of the molecule is CC/C=C\CC[C@@H](O)C/C=C\CCCCCCCC(=O)[O-]. The third-order valence-electron chi connectivity index (χ3n) is 3.40. The fraction of sp³-hybridized carbons (Fsp3) is 0.722. The Balaban J connectivity index is 3.31. The quantitative estimate of drug-likeness (QED) is 0.394. The summed E-state index contributed by atoms with van der Waals surface area (Å²) in [5, 5.41) is 20.0. The number of aliphatic hydroxyl groups is 1. The predicted octanol–water partition coefficient (Wildman–Crippen LogP) is 3.52. The molecular weight excluding hydrogens is 264 g/mol. The molecule has 0 aromatic heterocycles. The number of allylic oxidation sites excluding steroid dienone is 3. The van der Waals surface area contributed by atoms with Crippen LogP contribution in [-0.2, 0) is 4.79 Å². The first-order valence-corrected chi connectivity index (χ1v) is 8.34. The van der Waals surface area contributed by atoms with Gasteiger partial charge in [0.1, 0.15) is 0 Å². The molecular formula is C18H31O3-. The summed E-state index contributed by atoms with van der Waals surface area (Å²) in [7, 11) is 0.